The molecule has 8 nitrogen and oxygen atoms in total. The molecule has 0 radical (unpaired) electrons. The van der Waals surface area contributed by atoms with E-state index in [4.69, 9.17) is 16.6 Å². The molecule has 1 saturated heterocycles. The molecule has 1 aromatic heterocycles. The quantitative estimate of drug-likeness (QED) is 0.135. The molecule has 2 aromatic carbocycles. The van der Waals surface area contributed by atoms with Gasteiger partial charge >= 0.3 is 0 Å². The Bertz CT molecular complexity index is 1350. The van der Waals surface area contributed by atoms with Gasteiger partial charge in [0.05, 0.1) is 4.92 Å². The number of carbonyl (C=O) groups excluding carboxylic acids is 1. The van der Waals surface area contributed by atoms with Gasteiger partial charge in [0.2, 0.25) is 5.82 Å². The Morgan fingerprint density at radius 3 is 2.17 bits per heavy atom. The molecular weight excluding hydrogens is 511 g/mol. The fraction of sp³-hybridized carbons (Fsp3) is 0.182. The number of furan rings is 1. The molecule has 0 saturated carbocycles. The molecule has 0 atom stereocenters. The molecule has 2 heterocycles. The number of anilines is 1. The van der Waals surface area contributed by atoms with Crippen molar-refractivity contribution in [3.05, 3.63) is 81.4 Å². The van der Waals surface area contributed by atoms with Crippen LogP contribution < -0.4 is 10.2 Å². The minimum Gasteiger partial charge on any atom is -0.451 e. The zero-order chi connectivity index (χ0) is 26.1. The molecule has 14 heteroatoms. The Kier molecular flexibility index (Phi) is 6.88. The molecule has 188 valence electrons. The minimum atomic E-state index is -2.23. The van der Waals surface area contributed by atoms with Crippen LogP contribution >= 0.6 is 12.2 Å². The molecule has 0 unspecified atom stereocenters. The lowest BCUT2D eigenvalue weighted by Gasteiger charge is -2.37. The highest BCUT2D eigenvalue weighted by molar-refractivity contribution is 7.80. The zero-order valence-corrected chi connectivity index (χ0v) is 18.9. The number of carbonyl (C=O) groups is 1. The lowest BCUT2D eigenvalue weighted by atomic mass is 10.1. The Morgan fingerprint density at radius 1 is 0.944 bits per heavy atom. The van der Waals surface area contributed by atoms with Gasteiger partial charge in [-0.3, -0.25) is 20.2 Å². The van der Waals surface area contributed by atoms with Gasteiger partial charge in [0.15, 0.2) is 34.1 Å². The van der Waals surface area contributed by atoms with Gasteiger partial charge in [-0.05, 0) is 24.4 Å². The first-order valence-corrected chi connectivity index (χ1v) is 10.7. The Labute approximate surface area is 205 Å². The monoisotopic (exact) mass is 526 g/mol. The summed E-state index contributed by atoms with van der Waals surface area (Å²) in [5.74, 6) is -10.8. The maximum absolute atomic E-state index is 14.1. The number of non-ortho nitro benzene ring substituents is 1. The number of hydrogen-bond donors (Lipinski definition) is 1. The number of thiocarbonyl (C=S) groups is 1. The van der Waals surface area contributed by atoms with Crippen LogP contribution in [-0.2, 0) is 0 Å². The molecule has 3 aromatic rings. The van der Waals surface area contributed by atoms with Crippen molar-refractivity contribution in [1.82, 2.24) is 10.2 Å². The Balaban J connectivity index is 1.39. The van der Waals surface area contributed by atoms with Crippen molar-refractivity contribution in [1.29, 1.82) is 0 Å². The molecular formula is C22H15F5N4O4S. The molecule has 0 bridgehead atoms. The highest BCUT2D eigenvalue weighted by Crippen LogP contribution is 2.31. The van der Waals surface area contributed by atoms with Gasteiger partial charge in [-0.2, -0.15) is 0 Å². The molecule has 1 amide bonds. The number of hydrogen-bond acceptors (Lipinski definition) is 6. The standard InChI is InChI=1S/C22H15F5N4O4S/c23-15-16(24)18(26)20(19(27)17(15)25)29-6-8-30(9-7-29)22(36)28-21(32)14-5-4-13(35-14)11-2-1-3-12(10-11)31(33)34/h1-5,10H,6-9H2,(H,28,32,36). The minimum absolute atomic E-state index is 0.0235. The summed E-state index contributed by atoms with van der Waals surface area (Å²) in [7, 11) is 0. The Hall–Kier alpha value is -4.07. The normalized spacial score (nSPS) is 13.6. The first-order chi connectivity index (χ1) is 17.1. The van der Waals surface area contributed by atoms with Crippen LogP contribution in [0, 0.1) is 39.2 Å². The van der Waals surface area contributed by atoms with Crippen LogP contribution in [0.25, 0.3) is 11.3 Å². The molecule has 0 spiro atoms. The molecule has 0 aliphatic carbocycles. The SMILES string of the molecule is O=C(NC(=S)N1CCN(c2c(F)c(F)c(F)c(F)c2F)CC1)c1ccc(-c2cccc([N+](=O)[O-])c2)o1. The van der Waals surface area contributed by atoms with Crippen LogP contribution in [0.3, 0.4) is 0 Å². The highest BCUT2D eigenvalue weighted by Gasteiger charge is 2.31. The number of piperazine rings is 1. The molecule has 1 fully saturated rings. The number of nitrogens with one attached hydrogen (secondary N) is 1. The van der Waals surface area contributed by atoms with E-state index in [1.54, 1.807) is 6.07 Å². The van der Waals surface area contributed by atoms with Crippen molar-refractivity contribution in [3.63, 3.8) is 0 Å². The molecule has 1 N–H and O–H groups in total. The fourth-order valence-electron chi connectivity index (χ4n) is 3.63. The van der Waals surface area contributed by atoms with Crippen molar-refractivity contribution < 1.29 is 36.1 Å². The second-order valence-electron chi connectivity index (χ2n) is 7.62. The summed E-state index contributed by atoms with van der Waals surface area (Å²) in [6.45, 7) is -0.219. The summed E-state index contributed by atoms with van der Waals surface area (Å²) in [6.07, 6.45) is 0. The van der Waals surface area contributed by atoms with E-state index in [0.717, 1.165) is 4.90 Å². The van der Waals surface area contributed by atoms with E-state index in [-0.39, 0.29) is 48.5 Å². The number of benzene rings is 2. The summed E-state index contributed by atoms with van der Waals surface area (Å²) in [5.41, 5.74) is -0.790. The van der Waals surface area contributed by atoms with E-state index in [9.17, 15) is 36.9 Å². The predicted molar refractivity (Wildman–Crippen MR) is 121 cm³/mol. The maximum Gasteiger partial charge on any atom is 0.293 e. The zero-order valence-electron chi connectivity index (χ0n) is 18.1. The number of nitro groups is 1. The molecule has 1 aliphatic heterocycles. The van der Waals surface area contributed by atoms with Gasteiger partial charge in [-0.25, -0.2) is 22.0 Å². The van der Waals surface area contributed by atoms with Crippen LogP contribution in [0.2, 0.25) is 0 Å². The highest BCUT2D eigenvalue weighted by atomic mass is 32.1. The van der Waals surface area contributed by atoms with E-state index < -0.39 is 45.6 Å². The summed E-state index contributed by atoms with van der Waals surface area (Å²) >= 11 is 5.20. The summed E-state index contributed by atoms with van der Waals surface area (Å²) in [4.78, 5) is 25.4. The third-order valence-corrected chi connectivity index (χ3v) is 5.82. The first kappa shape index (κ1) is 25.0. The number of rotatable bonds is 4. The van der Waals surface area contributed by atoms with Crippen molar-refractivity contribution in [2.24, 2.45) is 0 Å². The van der Waals surface area contributed by atoms with Gasteiger partial charge in [-0.15, -0.1) is 0 Å². The third-order valence-electron chi connectivity index (χ3n) is 5.46. The van der Waals surface area contributed by atoms with E-state index >= 15 is 0 Å². The summed E-state index contributed by atoms with van der Waals surface area (Å²) in [6, 6.07) is 8.45. The first-order valence-electron chi connectivity index (χ1n) is 10.3. The van der Waals surface area contributed by atoms with E-state index in [0.29, 0.717) is 5.56 Å². The molecule has 36 heavy (non-hydrogen) atoms. The average Bonchev–Trinajstić information content (AvgIpc) is 3.37. The smallest absolute Gasteiger partial charge is 0.293 e. The average molecular weight is 526 g/mol. The number of amides is 1. The lowest BCUT2D eigenvalue weighted by Crippen LogP contribution is -2.53. The van der Waals surface area contributed by atoms with Gasteiger partial charge in [0.1, 0.15) is 11.4 Å². The fourth-order valence-corrected chi connectivity index (χ4v) is 3.90. The number of nitro benzene ring substituents is 1. The summed E-state index contributed by atoms with van der Waals surface area (Å²) < 4.78 is 74.0. The van der Waals surface area contributed by atoms with Gasteiger partial charge in [0, 0.05) is 43.9 Å². The van der Waals surface area contributed by atoms with Crippen LogP contribution in [0.4, 0.5) is 33.3 Å². The van der Waals surface area contributed by atoms with Crippen LogP contribution in [0.1, 0.15) is 10.6 Å². The van der Waals surface area contributed by atoms with Gasteiger partial charge in [-0.1, -0.05) is 12.1 Å². The van der Waals surface area contributed by atoms with Crippen molar-refractivity contribution in [3.8, 4) is 11.3 Å². The molecule has 1 aliphatic rings. The van der Waals surface area contributed by atoms with E-state index in [2.05, 4.69) is 5.32 Å². The lowest BCUT2D eigenvalue weighted by molar-refractivity contribution is -0.384. The predicted octanol–water partition coefficient (Wildman–Crippen LogP) is 4.39. The van der Waals surface area contributed by atoms with Crippen molar-refractivity contribution >= 4 is 34.6 Å². The largest absolute Gasteiger partial charge is 0.451 e. The van der Waals surface area contributed by atoms with Gasteiger partial charge in [0.25, 0.3) is 11.6 Å². The third kappa shape index (κ3) is 4.71. The molecule has 4 rings (SSSR count). The van der Waals surface area contributed by atoms with Gasteiger partial charge < -0.3 is 14.2 Å². The second kappa shape index (κ2) is 9.89. The number of halogens is 5. The van der Waals surface area contributed by atoms with Crippen molar-refractivity contribution in [2.45, 2.75) is 0 Å². The Morgan fingerprint density at radius 2 is 1.56 bits per heavy atom. The van der Waals surface area contributed by atoms with Crippen LogP contribution in [-0.4, -0.2) is 47.0 Å². The van der Waals surface area contributed by atoms with Crippen LogP contribution in [0.5, 0.6) is 0 Å². The second-order valence-corrected chi connectivity index (χ2v) is 8.01. The van der Waals surface area contributed by atoms with Crippen LogP contribution in [0.15, 0.2) is 40.8 Å². The van der Waals surface area contributed by atoms with Crippen molar-refractivity contribution in [2.75, 3.05) is 31.1 Å². The topological polar surface area (TPSA) is 91.9 Å². The maximum atomic E-state index is 14.1. The van der Waals surface area contributed by atoms with E-state index in [1.165, 1.54) is 35.2 Å². The van der Waals surface area contributed by atoms with E-state index in [1.807, 2.05) is 0 Å². The summed E-state index contributed by atoms with van der Waals surface area (Å²) in [5, 5.41) is 13.4. The number of nitrogens with zero attached hydrogens (tertiary/aromatic N) is 3.